The minimum absolute atomic E-state index is 0.359. The Bertz CT molecular complexity index is 652. The van der Waals surface area contributed by atoms with Crippen molar-refractivity contribution in [3.63, 3.8) is 0 Å². The van der Waals surface area contributed by atoms with E-state index in [0.29, 0.717) is 33.2 Å². The predicted molar refractivity (Wildman–Crippen MR) is 115 cm³/mol. The molecule has 6 fully saturated rings. The minimum Gasteiger partial charge on any atom is -0.364 e. The van der Waals surface area contributed by atoms with Crippen LogP contribution in [0.15, 0.2) is 0 Å². The molecule has 0 amide bonds. The van der Waals surface area contributed by atoms with Crippen molar-refractivity contribution in [1.29, 1.82) is 0 Å². The summed E-state index contributed by atoms with van der Waals surface area (Å²) in [6.07, 6.45) is 15.8. The second-order valence-corrected chi connectivity index (χ2v) is 13.4. The van der Waals surface area contributed by atoms with Crippen LogP contribution < -0.4 is 0 Å². The summed E-state index contributed by atoms with van der Waals surface area (Å²) in [5.41, 5.74) is 1.08. The van der Waals surface area contributed by atoms with E-state index < -0.39 is 5.79 Å². The normalized spacial score (nSPS) is 62.6. The molecule has 0 aromatic rings. The van der Waals surface area contributed by atoms with Crippen molar-refractivity contribution in [2.45, 2.75) is 101 Å². The van der Waals surface area contributed by atoms with Gasteiger partial charge in [-0.3, -0.25) is 0 Å². The highest BCUT2D eigenvalue weighted by molar-refractivity contribution is 8.07. The van der Waals surface area contributed by atoms with Gasteiger partial charge in [0, 0.05) is 18.3 Å². The van der Waals surface area contributed by atoms with Crippen LogP contribution in [0.25, 0.3) is 0 Å². The van der Waals surface area contributed by atoms with E-state index in [-0.39, 0.29) is 0 Å². The number of fused-ring (bicyclic) bond motifs is 6. The molecule has 2 nitrogen and oxygen atoms in total. The highest BCUT2D eigenvalue weighted by Crippen LogP contribution is 2.72. The lowest BCUT2D eigenvalue weighted by Crippen LogP contribution is -2.54. The van der Waals surface area contributed by atoms with Gasteiger partial charge in [-0.15, -0.1) is 11.8 Å². The number of rotatable bonds is 2. The van der Waals surface area contributed by atoms with Crippen molar-refractivity contribution in [2.24, 2.45) is 46.3 Å². The molecule has 2 unspecified atom stereocenters. The summed E-state index contributed by atoms with van der Waals surface area (Å²) in [4.78, 5) is 0. The van der Waals surface area contributed by atoms with E-state index in [1.807, 2.05) is 11.8 Å². The largest absolute Gasteiger partial charge is 0.364 e. The van der Waals surface area contributed by atoms with E-state index in [2.05, 4.69) is 13.8 Å². The van der Waals surface area contributed by atoms with Gasteiger partial charge in [-0.1, -0.05) is 26.7 Å². The van der Waals surface area contributed by atoms with Gasteiger partial charge in [-0.25, -0.2) is 0 Å². The zero-order valence-corrected chi connectivity index (χ0v) is 19.0. The summed E-state index contributed by atoms with van der Waals surface area (Å²) >= 11 is 1.96. The molecule has 3 heteroatoms. The van der Waals surface area contributed by atoms with Crippen LogP contribution in [0.5, 0.6) is 0 Å². The lowest BCUT2D eigenvalue weighted by Gasteiger charge is -2.61. The second-order valence-electron chi connectivity index (χ2n) is 12.0. The van der Waals surface area contributed by atoms with Crippen LogP contribution in [0.4, 0.5) is 0 Å². The first-order chi connectivity index (χ1) is 13.4. The molecule has 5 aliphatic carbocycles. The number of methoxy groups -OCH3 is 1. The summed E-state index contributed by atoms with van der Waals surface area (Å²) in [6, 6.07) is 0. The van der Waals surface area contributed by atoms with Crippen molar-refractivity contribution >= 4 is 11.8 Å². The van der Waals surface area contributed by atoms with Crippen molar-refractivity contribution < 1.29 is 9.84 Å². The van der Waals surface area contributed by atoms with Gasteiger partial charge in [-0.2, -0.15) is 0 Å². The summed E-state index contributed by atoms with van der Waals surface area (Å²) in [5, 5.41) is 12.5. The Labute approximate surface area is 175 Å². The maximum Gasteiger partial charge on any atom is 0.181 e. The molecule has 6 aliphatic rings. The number of aliphatic hydroxyl groups is 1. The second kappa shape index (κ2) is 6.16. The molecule has 1 saturated heterocycles. The fourth-order valence-corrected chi connectivity index (χ4v) is 11.4. The van der Waals surface area contributed by atoms with E-state index >= 15 is 0 Å². The molecule has 5 saturated carbocycles. The summed E-state index contributed by atoms with van der Waals surface area (Å²) in [5.74, 6) is 4.07. The van der Waals surface area contributed by atoms with Crippen molar-refractivity contribution in [3.05, 3.63) is 0 Å². The quantitative estimate of drug-likeness (QED) is 0.461. The molecular weight excluding hydrogens is 364 g/mol. The van der Waals surface area contributed by atoms with Crippen molar-refractivity contribution in [2.75, 3.05) is 7.11 Å². The summed E-state index contributed by atoms with van der Waals surface area (Å²) in [6.45, 7) is 5.32. The summed E-state index contributed by atoms with van der Waals surface area (Å²) in [7, 11) is 1.76. The maximum absolute atomic E-state index is 11.4. The van der Waals surface area contributed by atoms with Gasteiger partial charge >= 0.3 is 0 Å². The SMILES string of the molecule is COC1(O)[C@@H]2S[C@@H]2C[C@H]1[C@H]1CC[C@H]2[C@@H]3CCC4CCCC[C@]4(C)[C@H]3CC[C@]12C. The molecule has 28 heavy (non-hydrogen) atoms. The topological polar surface area (TPSA) is 29.5 Å². The van der Waals surface area contributed by atoms with E-state index in [1.165, 1.54) is 70.6 Å². The van der Waals surface area contributed by atoms with Gasteiger partial charge in [-0.05, 0) is 98.2 Å². The smallest absolute Gasteiger partial charge is 0.181 e. The van der Waals surface area contributed by atoms with E-state index in [9.17, 15) is 5.11 Å². The third-order valence-electron chi connectivity index (χ3n) is 11.5. The number of thioether (sulfide) groups is 1. The maximum atomic E-state index is 11.4. The van der Waals surface area contributed by atoms with Crippen LogP contribution in [-0.2, 0) is 4.74 Å². The first-order valence-electron chi connectivity index (χ1n) is 12.3. The lowest BCUT2D eigenvalue weighted by atomic mass is 9.44. The Morgan fingerprint density at radius 3 is 2.43 bits per heavy atom. The Hall–Kier alpha value is 0.270. The van der Waals surface area contributed by atoms with Gasteiger partial charge in [0.05, 0.1) is 5.25 Å². The zero-order chi connectivity index (χ0) is 19.3. The van der Waals surface area contributed by atoms with Crippen LogP contribution >= 0.6 is 11.8 Å². The molecule has 1 aliphatic heterocycles. The highest BCUT2D eigenvalue weighted by Gasteiger charge is 2.70. The van der Waals surface area contributed by atoms with Crippen LogP contribution in [0.2, 0.25) is 0 Å². The minimum atomic E-state index is -0.845. The molecule has 0 radical (unpaired) electrons. The molecule has 0 aromatic carbocycles. The lowest BCUT2D eigenvalue weighted by molar-refractivity contribution is -0.223. The zero-order valence-electron chi connectivity index (χ0n) is 18.2. The summed E-state index contributed by atoms with van der Waals surface area (Å²) < 4.78 is 5.83. The monoisotopic (exact) mass is 404 g/mol. The molecule has 1 heterocycles. The van der Waals surface area contributed by atoms with Gasteiger partial charge in [0.25, 0.3) is 0 Å². The average Bonchev–Trinajstić information content (AvgIpc) is 3.31. The molecular formula is C25H40O2S. The molecule has 0 aromatic heterocycles. The first kappa shape index (κ1) is 19.0. The van der Waals surface area contributed by atoms with Gasteiger partial charge in [0.15, 0.2) is 5.79 Å². The van der Waals surface area contributed by atoms with Crippen LogP contribution in [0, 0.1) is 46.3 Å². The standard InChI is InChI=1S/C25H40O2S/c1-23-12-5-4-6-15(23)7-8-16-17-9-10-19(24(17,2)13-11-18(16)23)20-14-21-22(28-21)25(20,26)27-3/h15-22,26H,4-14H2,1-3H3/t15?,16-,17-,18-,19+,20-,21+,22+,23-,24-,25?/m0/s1. The van der Waals surface area contributed by atoms with Gasteiger partial charge in [0.1, 0.15) is 0 Å². The Morgan fingerprint density at radius 1 is 0.821 bits per heavy atom. The Balaban J connectivity index is 1.28. The average molecular weight is 405 g/mol. The van der Waals surface area contributed by atoms with Gasteiger partial charge in [0.2, 0.25) is 0 Å². The third kappa shape index (κ3) is 2.31. The number of hydrogen-bond donors (Lipinski definition) is 1. The first-order valence-corrected chi connectivity index (χ1v) is 13.3. The molecule has 11 atom stereocenters. The third-order valence-corrected chi connectivity index (χ3v) is 12.9. The van der Waals surface area contributed by atoms with Crippen molar-refractivity contribution in [1.82, 2.24) is 0 Å². The van der Waals surface area contributed by atoms with Crippen LogP contribution in [0.3, 0.4) is 0 Å². The number of ether oxygens (including phenoxy) is 1. The highest BCUT2D eigenvalue weighted by atomic mass is 32.2. The molecule has 1 N–H and O–H groups in total. The van der Waals surface area contributed by atoms with E-state index in [0.717, 1.165) is 23.7 Å². The fraction of sp³-hybridized carbons (Fsp3) is 1.00. The predicted octanol–water partition coefficient (Wildman–Crippen LogP) is 5.87. The molecule has 6 rings (SSSR count). The number of hydrogen-bond acceptors (Lipinski definition) is 3. The van der Waals surface area contributed by atoms with E-state index in [1.54, 1.807) is 7.11 Å². The van der Waals surface area contributed by atoms with Crippen molar-refractivity contribution in [3.8, 4) is 0 Å². The molecule has 158 valence electrons. The Kier molecular flexibility index (Phi) is 4.18. The fourth-order valence-electron chi connectivity index (χ4n) is 10.0. The van der Waals surface area contributed by atoms with Crippen LogP contribution in [0.1, 0.15) is 84.5 Å². The van der Waals surface area contributed by atoms with Gasteiger partial charge < -0.3 is 9.84 Å². The Morgan fingerprint density at radius 2 is 1.61 bits per heavy atom. The van der Waals surface area contributed by atoms with E-state index in [4.69, 9.17) is 4.74 Å². The molecule has 0 bridgehead atoms. The molecule has 0 spiro atoms. The van der Waals surface area contributed by atoms with Crippen LogP contribution in [-0.4, -0.2) is 28.5 Å².